The van der Waals surface area contributed by atoms with Crippen LogP contribution in [0.5, 0.6) is 0 Å². The zero-order valence-electron chi connectivity index (χ0n) is 9.75. The van der Waals surface area contributed by atoms with E-state index >= 15 is 0 Å². The first-order valence-electron chi connectivity index (χ1n) is 5.24. The lowest BCUT2D eigenvalue weighted by Gasteiger charge is -2.07. The average molecular weight is 283 g/mol. The van der Waals surface area contributed by atoms with Crippen molar-refractivity contribution < 1.29 is 8.42 Å². The van der Waals surface area contributed by atoms with Crippen LogP contribution in [-0.2, 0) is 16.6 Å². The van der Waals surface area contributed by atoms with Crippen LogP contribution in [0.1, 0.15) is 10.4 Å². The molecule has 5 nitrogen and oxygen atoms in total. The zero-order valence-corrected chi connectivity index (χ0v) is 11.4. The molecule has 0 bridgehead atoms. The van der Waals surface area contributed by atoms with Crippen molar-refractivity contribution in [3.63, 3.8) is 0 Å². The highest BCUT2D eigenvalue weighted by molar-refractivity contribution is 7.89. The third kappa shape index (κ3) is 2.69. The normalized spacial score (nSPS) is 11.6. The van der Waals surface area contributed by atoms with Gasteiger partial charge in [0.15, 0.2) is 0 Å². The molecule has 2 rings (SSSR count). The fraction of sp³-hybridized carbons (Fsp3) is 0.182. The molecule has 0 unspecified atom stereocenters. The summed E-state index contributed by atoms with van der Waals surface area (Å²) in [5, 5.41) is 1.93. The fourth-order valence-electron chi connectivity index (χ4n) is 1.45. The van der Waals surface area contributed by atoms with Gasteiger partial charge in [0.2, 0.25) is 10.0 Å². The minimum atomic E-state index is -3.61. The van der Waals surface area contributed by atoms with E-state index in [4.69, 9.17) is 5.73 Å². The molecule has 0 aromatic carbocycles. The van der Waals surface area contributed by atoms with Crippen molar-refractivity contribution in [3.8, 4) is 0 Å². The Hall–Kier alpha value is -1.44. The predicted molar refractivity (Wildman–Crippen MR) is 71.7 cm³/mol. The number of anilines is 1. The number of thiophene rings is 1. The van der Waals surface area contributed by atoms with Gasteiger partial charge in [-0.15, -0.1) is 11.3 Å². The van der Waals surface area contributed by atoms with Gasteiger partial charge in [0, 0.05) is 17.6 Å². The molecule has 0 saturated carbocycles. The van der Waals surface area contributed by atoms with Gasteiger partial charge in [0.25, 0.3) is 0 Å². The number of rotatable bonds is 4. The van der Waals surface area contributed by atoms with Crippen molar-refractivity contribution in [2.45, 2.75) is 18.4 Å². The smallest absolute Gasteiger partial charge is 0.244 e. The summed E-state index contributed by atoms with van der Waals surface area (Å²) in [5.41, 5.74) is 6.63. The Bertz CT molecular complexity index is 650. The van der Waals surface area contributed by atoms with Crippen LogP contribution in [0.15, 0.2) is 34.7 Å². The third-order valence-corrected chi connectivity index (χ3v) is 4.95. The lowest BCUT2D eigenvalue weighted by molar-refractivity contribution is 0.582. The molecule has 0 atom stereocenters. The molecule has 0 radical (unpaired) electrons. The van der Waals surface area contributed by atoms with Gasteiger partial charge < -0.3 is 5.73 Å². The minimum Gasteiger partial charge on any atom is -0.383 e. The topological polar surface area (TPSA) is 85.1 Å². The Morgan fingerprint density at radius 3 is 2.83 bits per heavy atom. The molecule has 0 aliphatic rings. The van der Waals surface area contributed by atoms with Crippen LogP contribution >= 0.6 is 11.3 Å². The molecule has 0 amide bonds. The first-order valence-corrected chi connectivity index (χ1v) is 7.60. The Morgan fingerprint density at radius 1 is 1.44 bits per heavy atom. The molecule has 0 spiro atoms. The molecule has 0 aliphatic heterocycles. The molecule has 18 heavy (non-hydrogen) atoms. The number of aromatic nitrogens is 1. The van der Waals surface area contributed by atoms with Crippen molar-refractivity contribution in [1.29, 1.82) is 0 Å². The van der Waals surface area contributed by atoms with Gasteiger partial charge in [0.05, 0.1) is 0 Å². The average Bonchev–Trinajstić information content (AvgIpc) is 2.73. The highest BCUT2D eigenvalue weighted by Gasteiger charge is 2.17. The second-order valence-corrected chi connectivity index (χ2v) is 6.47. The summed E-state index contributed by atoms with van der Waals surface area (Å²) in [5.74, 6) is 0.00732. The maximum Gasteiger partial charge on any atom is 0.244 e. The van der Waals surface area contributed by atoms with Crippen molar-refractivity contribution in [2.24, 2.45) is 0 Å². The van der Waals surface area contributed by atoms with Crippen LogP contribution in [0.2, 0.25) is 0 Å². The van der Waals surface area contributed by atoms with E-state index in [1.807, 2.05) is 18.4 Å². The number of nitrogens with two attached hydrogens (primary N) is 1. The van der Waals surface area contributed by atoms with E-state index in [1.165, 1.54) is 23.6 Å². The molecule has 7 heteroatoms. The summed E-state index contributed by atoms with van der Waals surface area (Å²) >= 11 is 1.52. The molecule has 0 aliphatic carbocycles. The number of nitrogens with one attached hydrogen (secondary N) is 1. The standard InChI is InChI=1S/C11H13N3O2S2/c1-8-4-6-17-9(8)7-14-18(15,16)10-3-2-5-13-11(10)12/h2-6,14H,7H2,1H3,(H2,12,13). The van der Waals surface area contributed by atoms with Crippen molar-refractivity contribution in [3.05, 3.63) is 40.2 Å². The van der Waals surface area contributed by atoms with Crippen LogP contribution in [0.3, 0.4) is 0 Å². The van der Waals surface area contributed by atoms with Crippen molar-refractivity contribution in [2.75, 3.05) is 5.73 Å². The lowest BCUT2D eigenvalue weighted by Crippen LogP contribution is -2.24. The summed E-state index contributed by atoms with van der Waals surface area (Å²) < 4.78 is 26.6. The van der Waals surface area contributed by atoms with E-state index in [1.54, 1.807) is 6.07 Å². The van der Waals surface area contributed by atoms with Gasteiger partial charge >= 0.3 is 0 Å². The van der Waals surface area contributed by atoms with Crippen molar-refractivity contribution in [1.82, 2.24) is 9.71 Å². The van der Waals surface area contributed by atoms with E-state index in [0.29, 0.717) is 0 Å². The van der Waals surface area contributed by atoms with E-state index in [2.05, 4.69) is 9.71 Å². The van der Waals surface area contributed by atoms with Crippen LogP contribution < -0.4 is 10.5 Å². The maximum absolute atomic E-state index is 12.0. The van der Waals surface area contributed by atoms with Crippen LogP contribution in [0.25, 0.3) is 0 Å². The Morgan fingerprint density at radius 2 is 2.22 bits per heavy atom. The van der Waals surface area contributed by atoms with Gasteiger partial charge in [-0.3, -0.25) is 0 Å². The molecule has 96 valence electrons. The maximum atomic E-state index is 12.0. The second-order valence-electron chi connectivity index (χ2n) is 3.74. The number of nitrogens with zero attached hydrogens (tertiary/aromatic N) is 1. The number of nitrogen functional groups attached to an aromatic ring is 1. The van der Waals surface area contributed by atoms with E-state index in [-0.39, 0.29) is 17.3 Å². The first-order chi connectivity index (χ1) is 8.50. The van der Waals surface area contributed by atoms with E-state index in [9.17, 15) is 8.42 Å². The zero-order chi connectivity index (χ0) is 13.2. The van der Waals surface area contributed by atoms with E-state index in [0.717, 1.165) is 10.4 Å². The Balaban J connectivity index is 2.19. The number of aryl methyl sites for hydroxylation is 1. The van der Waals surface area contributed by atoms with Gasteiger partial charge in [-0.05, 0) is 36.1 Å². The lowest BCUT2D eigenvalue weighted by atomic mass is 10.3. The van der Waals surface area contributed by atoms with Crippen LogP contribution in [0, 0.1) is 6.92 Å². The molecule has 2 aromatic heterocycles. The SMILES string of the molecule is Cc1ccsc1CNS(=O)(=O)c1cccnc1N. The summed E-state index contributed by atoms with van der Waals surface area (Å²) in [7, 11) is -3.61. The number of hydrogen-bond donors (Lipinski definition) is 2. The van der Waals surface area contributed by atoms with Gasteiger partial charge in [-0.25, -0.2) is 18.1 Å². The molecule has 2 aromatic rings. The Labute approximate surface area is 110 Å². The van der Waals surface area contributed by atoms with E-state index < -0.39 is 10.0 Å². The molecule has 0 saturated heterocycles. The van der Waals surface area contributed by atoms with Crippen molar-refractivity contribution >= 4 is 27.2 Å². The second kappa shape index (κ2) is 5.05. The van der Waals surface area contributed by atoms with Gasteiger partial charge in [0.1, 0.15) is 10.7 Å². The number of sulfonamides is 1. The predicted octanol–water partition coefficient (Wildman–Crippen LogP) is 1.51. The number of pyridine rings is 1. The minimum absolute atomic E-state index is 0.00732. The third-order valence-electron chi connectivity index (χ3n) is 2.48. The summed E-state index contributed by atoms with van der Waals surface area (Å²) in [6, 6.07) is 4.93. The molecule has 0 fully saturated rings. The molecule has 2 heterocycles. The molecular formula is C11H13N3O2S2. The highest BCUT2D eigenvalue weighted by Crippen LogP contribution is 2.18. The van der Waals surface area contributed by atoms with Gasteiger partial charge in [-0.2, -0.15) is 0 Å². The summed E-state index contributed by atoms with van der Waals surface area (Å²) in [6.45, 7) is 2.21. The molecular weight excluding hydrogens is 270 g/mol. The van der Waals surface area contributed by atoms with Crippen LogP contribution in [-0.4, -0.2) is 13.4 Å². The molecule has 3 N–H and O–H groups in total. The monoisotopic (exact) mass is 283 g/mol. The first kappa shape index (κ1) is 13.0. The summed E-state index contributed by atoms with van der Waals surface area (Å²) in [4.78, 5) is 4.77. The van der Waals surface area contributed by atoms with Crippen LogP contribution in [0.4, 0.5) is 5.82 Å². The number of hydrogen-bond acceptors (Lipinski definition) is 5. The Kier molecular flexibility index (Phi) is 3.65. The quantitative estimate of drug-likeness (QED) is 0.890. The highest BCUT2D eigenvalue weighted by atomic mass is 32.2. The van der Waals surface area contributed by atoms with Gasteiger partial charge in [-0.1, -0.05) is 0 Å². The summed E-state index contributed by atoms with van der Waals surface area (Å²) in [6.07, 6.45) is 1.46. The fourth-order valence-corrected chi connectivity index (χ4v) is 3.47. The largest absolute Gasteiger partial charge is 0.383 e.